The SMILES string of the molecule is CNCc1cccc(Oc2ccc(C)nc2)n1. The van der Waals surface area contributed by atoms with Gasteiger partial charge in [-0.05, 0) is 32.2 Å². The second-order valence-electron chi connectivity index (χ2n) is 3.73. The first-order chi connectivity index (χ1) is 8.28. The summed E-state index contributed by atoms with van der Waals surface area (Å²) < 4.78 is 5.62. The molecule has 0 atom stereocenters. The minimum Gasteiger partial charge on any atom is -0.437 e. The van der Waals surface area contributed by atoms with Crippen LogP contribution in [-0.4, -0.2) is 17.0 Å². The first-order valence-corrected chi connectivity index (χ1v) is 5.49. The summed E-state index contributed by atoms with van der Waals surface area (Å²) in [6, 6.07) is 9.51. The van der Waals surface area contributed by atoms with E-state index in [1.54, 1.807) is 6.20 Å². The van der Waals surface area contributed by atoms with Crippen LogP contribution in [0.4, 0.5) is 0 Å². The van der Waals surface area contributed by atoms with Gasteiger partial charge in [0.05, 0.1) is 11.9 Å². The lowest BCUT2D eigenvalue weighted by molar-refractivity contribution is 0.457. The molecule has 0 aromatic carbocycles. The predicted molar refractivity (Wildman–Crippen MR) is 66.0 cm³/mol. The molecule has 2 rings (SSSR count). The van der Waals surface area contributed by atoms with Crippen LogP contribution < -0.4 is 10.1 Å². The Balaban J connectivity index is 2.12. The lowest BCUT2D eigenvalue weighted by atomic mass is 10.3. The Morgan fingerprint density at radius 2 is 2.12 bits per heavy atom. The van der Waals surface area contributed by atoms with Crippen molar-refractivity contribution >= 4 is 0 Å². The summed E-state index contributed by atoms with van der Waals surface area (Å²) in [5, 5.41) is 3.05. The van der Waals surface area contributed by atoms with Crippen molar-refractivity contribution < 1.29 is 4.74 Å². The Hall–Kier alpha value is -1.94. The molecule has 0 aliphatic rings. The summed E-state index contributed by atoms with van der Waals surface area (Å²) in [4.78, 5) is 8.54. The van der Waals surface area contributed by atoms with Crippen LogP contribution in [0.5, 0.6) is 11.6 Å². The highest BCUT2D eigenvalue weighted by atomic mass is 16.5. The maximum Gasteiger partial charge on any atom is 0.219 e. The smallest absolute Gasteiger partial charge is 0.219 e. The summed E-state index contributed by atoms with van der Waals surface area (Å²) in [5.41, 5.74) is 1.92. The third-order valence-electron chi connectivity index (χ3n) is 2.25. The Morgan fingerprint density at radius 3 is 2.82 bits per heavy atom. The number of nitrogens with one attached hydrogen (secondary N) is 1. The zero-order chi connectivity index (χ0) is 12.1. The van der Waals surface area contributed by atoms with Crippen LogP contribution in [0.3, 0.4) is 0 Å². The van der Waals surface area contributed by atoms with Gasteiger partial charge in [0.15, 0.2) is 0 Å². The van der Waals surface area contributed by atoms with E-state index in [0.29, 0.717) is 11.6 Å². The third kappa shape index (κ3) is 3.26. The fourth-order valence-corrected chi connectivity index (χ4v) is 1.43. The summed E-state index contributed by atoms with van der Waals surface area (Å²) in [7, 11) is 1.89. The van der Waals surface area contributed by atoms with Gasteiger partial charge in [0.2, 0.25) is 5.88 Å². The van der Waals surface area contributed by atoms with Gasteiger partial charge in [0, 0.05) is 18.3 Å². The van der Waals surface area contributed by atoms with Crippen LogP contribution in [0, 0.1) is 6.92 Å². The number of hydrogen-bond donors (Lipinski definition) is 1. The molecule has 0 unspecified atom stereocenters. The predicted octanol–water partition coefficient (Wildman–Crippen LogP) is 2.30. The molecule has 0 radical (unpaired) electrons. The van der Waals surface area contributed by atoms with Crippen LogP contribution in [0.1, 0.15) is 11.4 Å². The average molecular weight is 229 g/mol. The molecular formula is C13H15N3O. The van der Waals surface area contributed by atoms with Crippen molar-refractivity contribution in [1.82, 2.24) is 15.3 Å². The molecule has 0 spiro atoms. The third-order valence-corrected chi connectivity index (χ3v) is 2.25. The van der Waals surface area contributed by atoms with E-state index in [-0.39, 0.29) is 0 Å². The van der Waals surface area contributed by atoms with Crippen LogP contribution in [0.15, 0.2) is 36.5 Å². The zero-order valence-corrected chi connectivity index (χ0v) is 9.97. The Kier molecular flexibility index (Phi) is 3.67. The van der Waals surface area contributed by atoms with Gasteiger partial charge in [-0.15, -0.1) is 0 Å². The quantitative estimate of drug-likeness (QED) is 0.873. The van der Waals surface area contributed by atoms with Crippen LogP contribution in [0.25, 0.3) is 0 Å². The maximum absolute atomic E-state index is 5.62. The highest BCUT2D eigenvalue weighted by Crippen LogP contribution is 2.18. The van der Waals surface area contributed by atoms with E-state index in [4.69, 9.17) is 4.74 Å². The van der Waals surface area contributed by atoms with Crippen LogP contribution in [-0.2, 0) is 6.54 Å². The minimum absolute atomic E-state index is 0.586. The van der Waals surface area contributed by atoms with Gasteiger partial charge in [-0.25, -0.2) is 4.98 Å². The van der Waals surface area contributed by atoms with E-state index in [0.717, 1.165) is 17.9 Å². The molecule has 88 valence electrons. The van der Waals surface area contributed by atoms with Crippen molar-refractivity contribution in [2.24, 2.45) is 0 Å². The van der Waals surface area contributed by atoms with Gasteiger partial charge in [-0.3, -0.25) is 4.98 Å². The molecule has 17 heavy (non-hydrogen) atoms. The molecule has 2 heterocycles. The Labute approximate surface area is 101 Å². The molecule has 4 heteroatoms. The number of aromatic nitrogens is 2. The van der Waals surface area contributed by atoms with Crippen molar-refractivity contribution in [3.8, 4) is 11.6 Å². The van der Waals surface area contributed by atoms with E-state index in [1.807, 2.05) is 44.3 Å². The Morgan fingerprint density at radius 1 is 1.24 bits per heavy atom. The number of aryl methyl sites for hydroxylation is 1. The minimum atomic E-state index is 0.586. The lowest BCUT2D eigenvalue weighted by Crippen LogP contribution is -2.06. The molecule has 0 fully saturated rings. The fraction of sp³-hybridized carbons (Fsp3) is 0.231. The van der Waals surface area contributed by atoms with Gasteiger partial charge in [-0.2, -0.15) is 0 Å². The summed E-state index contributed by atoms with van der Waals surface area (Å²) >= 11 is 0. The normalized spacial score (nSPS) is 10.2. The van der Waals surface area contributed by atoms with Gasteiger partial charge in [0.1, 0.15) is 5.75 Å². The molecule has 4 nitrogen and oxygen atoms in total. The molecule has 0 amide bonds. The molecule has 1 N–H and O–H groups in total. The first kappa shape index (κ1) is 11.5. The van der Waals surface area contributed by atoms with Gasteiger partial charge < -0.3 is 10.1 Å². The van der Waals surface area contributed by atoms with Crippen LogP contribution in [0.2, 0.25) is 0 Å². The Bertz CT molecular complexity index is 482. The topological polar surface area (TPSA) is 47.0 Å². The number of nitrogens with zero attached hydrogens (tertiary/aromatic N) is 2. The van der Waals surface area contributed by atoms with Crippen LogP contribution >= 0.6 is 0 Å². The van der Waals surface area contributed by atoms with Crippen molar-refractivity contribution in [1.29, 1.82) is 0 Å². The lowest BCUT2D eigenvalue weighted by Gasteiger charge is -2.06. The van der Waals surface area contributed by atoms with E-state index in [1.165, 1.54) is 0 Å². The van der Waals surface area contributed by atoms with Gasteiger partial charge in [0.25, 0.3) is 0 Å². The van der Waals surface area contributed by atoms with E-state index >= 15 is 0 Å². The molecule has 0 saturated heterocycles. The largest absolute Gasteiger partial charge is 0.437 e. The number of hydrogen-bond acceptors (Lipinski definition) is 4. The van der Waals surface area contributed by atoms with E-state index in [2.05, 4.69) is 15.3 Å². The highest BCUT2D eigenvalue weighted by molar-refractivity contribution is 5.26. The zero-order valence-electron chi connectivity index (χ0n) is 9.97. The van der Waals surface area contributed by atoms with Gasteiger partial charge >= 0.3 is 0 Å². The average Bonchev–Trinajstić information content (AvgIpc) is 2.33. The number of ether oxygens (including phenoxy) is 1. The van der Waals surface area contributed by atoms with Crippen molar-refractivity contribution in [3.05, 3.63) is 47.9 Å². The summed E-state index contributed by atoms with van der Waals surface area (Å²) in [5.74, 6) is 1.29. The maximum atomic E-state index is 5.62. The number of pyridine rings is 2. The summed E-state index contributed by atoms with van der Waals surface area (Å²) in [6.07, 6.45) is 1.70. The standard InChI is InChI=1S/C13H15N3O/c1-10-6-7-12(9-15-10)17-13-5-3-4-11(16-13)8-14-2/h3-7,9,14H,8H2,1-2H3. The monoisotopic (exact) mass is 229 g/mol. The fourth-order valence-electron chi connectivity index (χ4n) is 1.43. The van der Waals surface area contributed by atoms with E-state index in [9.17, 15) is 0 Å². The molecule has 0 aliphatic carbocycles. The molecule has 2 aromatic rings. The second-order valence-corrected chi connectivity index (χ2v) is 3.73. The first-order valence-electron chi connectivity index (χ1n) is 5.49. The van der Waals surface area contributed by atoms with Gasteiger partial charge in [-0.1, -0.05) is 6.07 Å². The highest BCUT2D eigenvalue weighted by Gasteiger charge is 2.00. The second kappa shape index (κ2) is 5.41. The van der Waals surface area contributed by atoms with Crippen molar-refractivity contribution in [2.45, 2.75) is 13.5 Å². The molecule has 0 bridgehead atoms. The van der Waals surface area contributed by atoms with Crippen molar-refractivity contribution in [2.75, 3.05) is 7.05 Å². The molecule has 2 aromatic heterocycles. The summed E-state index contributed by atoms with van der Waals surface area (Å²) in [6.45, 7) is 2.67. The van der Waals surface area contributed by atoms with E-state index < -0.39 is 0 Å². The molecule has 0 saturated carbocycles. The van der Waals surface area contributed by atoms with Crippen molar-refractivity contribution in [3.63, 3.8) is 0 Å². The molecule has 0 aliphatic heterocycles. The number of rotatable bonds is 4. The molecular weight excluding hydrogens is 214 g/mol.